The summed E-state index contributed by atoms with van der Waals surface area (Å²) in [6.45, 7) is 6.53. The Hall–Kier alpha value is -2.04. The van der Waals surface area contributed by atoms with Crippen molar-refractivity contribution in [2.45, 2.75) is 46.5 Å². The predicted molar refractivity (Wildman–Crippen MR) is 96.0 cm³/mol. The quantitative estimate of drug-likeness (QED) is 0.511. The molecule has 0 heterocycles. The van der Waals surface area contributed by atoms with Gasteiger partial charge in [-0.3, -0.25) is 9.59 Å². The van der Waals surface area contributed by atoms with Crippen molar-refractivity contribution in [1.82, 2.24) is 10.6 Å². The first-order valence-corrected chi connectivity index (χ1v) is 8.61. The normalized spacial score (nSPS) is 11.0. The SMILES string of the molecule is CCCCCNC(=O)C(C)(C)C(=O)NCCc1cccc(OC)c1. The maximum atomic E-state index is 12.3. The van der Waals surface area contributed by atoms with Crippen LogP contribution in [0.15, 0.2) is 24.3 Å². The van der Waals surface area contributed by atoms with Crippen LogP contribution in [-0.2, 0) is 16.0 Å². The second kappa shape index (κ2) is 9.96. The fraction of sp³-hybridized carbons (Fsp3) is 0.579. The van der Waals surface area contributed by atoms with Gasteiger partial charge in [0.2, 0.25) is 11.8 Å². The van der Waals surface area contributed by atoms with Crippen LogP contribution in [0.4, 0.5) is 0 Å². The molecule has 0 aliphatic carbocycles. The van der Waals surface area contributed by atoms with E-state index in [1.807, 2.05) is 24.3 Å². The van der Waals surface area contributed by atoms with E-state index in [1.165, 1.54) is 0 Å². The van der Waals surface area contributed by atoms with Crippen molar-refractivity contribution in [2.75, 3.05) is 20.2 Å². The Balaban J connectivity index is 2.42. The second-order valence-corrected chi connectivity index (χ2v) is 6.45. The van der Waals surface area contributed by atoms with Crippen molar-refractivity contribution >= 4 is 11.8 Å². The van der Waals surface area contributed by atoms with E-state index in [1.54, 1.807) is 21.0 Å². The predicted octanol–water partition coefficient (Wildman–Crippen LogP) is 2.69. The molecule has 0 fully saturated rings. The summed E-state index contributed by atoms with van der Waals surface area (Å²) in [4.78, 5) is 24.5. The van der Waals surface area contributed by atoms with Gasteiger partial charge in [-0.25, -0.2) is 0 Å². The van der Waals surface area contributed by atoms with E-state index < -0.39 is 5.41 Å². The molecule has 2 amide bonds. The van der Waals surface area contributed by atoms with Gasteiger partial charge in [0.15, 0.2) is 0 Å². The van der Waals surface area contributed by atoms with Crippen molar-refractivity contribution in [1.29, 1.82) is 0 Å². The molecule has 1 aromatic carbocycles. The molecule has 0 saturated heterocycles. The third-order valence-corrected chi connectivity index (χ3v) is 4.03. The minimum absolute atomic E-state index is 0.225. The van der Waals surface area contributed by atoms with Crippen LogP contribution in [-0.4, -0.2) is 32.0 Å². The van der Waals surface area contributed by atoms with Crippen LogP contribution < -0.4 is 15.4 Å². The lowest BCUT2D eigenvalue weighted by atomic mass is 9.91. The van der Waals surface area contributed by atoms with Crippen LogP contribution in [0.2, 0.25) is 0 Å². The molecule has 0 unspecified atom stereocenters. The van der Waals surface area contributed by atoms with Gasteiger partial charge in [0.25, 0.3) is 0 Å². The topological polar surface area (TPSA) is 67.4 Å². The van der Waals surface area contributed by atoms with Crippen LogP contribution in [0, 0.1) is 5.41 Å². The third-order valence-electron chi connectivity index (χ3n) is 4.03. The van der Waals surface area contributed by atoms with Crippen molar-refractivity contribution in [3.63, 3.8) is 0 Å². The molecule has 0 radical (unpaired) electrons. The zero-order valence-corrected chi connectivity index (χ0v) is 15.3. The van der Waals surface area contributed by atoms with Crippen molar-refractivity contribution in [2.24, 2.45) is 5.41 Å². The molecule has 5 heteroatoms. The molecule has 0 aliphatic rings. The summed E-state index contributed by atoms with van der Waals surface area (Å²) in [6.07, 6.45) is 3.81. The Kier molecular flexibility index (Phi) is 8.30. The first kappa shape index (κ1) is 20.0. The second-order valence-electron chi connectivity index (χ2n) is 6.45. The minimum atomic E-state index is -1.07. The Morgan fingerprint density at radius 2 is 1.75 bits per heavy atom. The van der Waals surface area contributed by atoms with Gasteiger partial charge in [-0.2, -0.15) is 0 Å². The van der Waals surface area contributed by atoms with Crippen LogP contribution >= 0.6 is 0 Å². The van der Waals surface area contributed by atoms with Crippen molar-refractivity contribution < 1.29 is 14.3 Å². The molecule has 1 rings (SSSR count). The highest BCUT2D eigenvalue weighted by atomic mass is 16.5. The van der Waals surface area contributed by atoms with E-state index in [2.05, 4.69) is 17.6 Å². The minimum Gasteiger partial charge on any atom is -0.497 e. The smallest absolute Gasteiger partial charge is 0.235 e. The van der Waals surface area contributed by atoms with E-state index in [4.69, 9.17) is 4.74 Å². The van der Waals surface area contributed by atoms with Gasteiger partial charge in [0.1, 0.15) is 11.2 Å². The molecule has 2 N–H and O–H groups in total. The lowest BCUT2D eigenvalue weighted by Gasteiger charge is -2.22. The summed E-state index contributed by atoms with van der Waals surface area (Å²) in [5.41, 5.74) is 0.0112. The van der Waals surface area contributed by atoms with Gasteiger partial charge in [-0.05, 0) is 44.4 Å². The van der Waals surface area contributed by atoms with Gasteiger partial charge < -0.3 is 15.4 Å². The highest BCUT2D eigenvalue weighted by Crippen LogP contribution is 2.16. The largest absolute Gasteiger partial charge is 0.497 e. The number of unbranched alkanes of at least 4 members (excludes halogenated alkanes) is 2. The number of rotatable bonds is 10. The number of nitrogens with one attached hydrogen (secondary N) is 2. The Labute approximate surface area is 145 Å². The highest BCUT2D eigenvalue weighted by molar-refractivity contribution is 6.04. The zero-order valence-electron chi connectivity index (χ0n) is 15.3. The van der Waals surface area contributed by atoms with Crippen molar-refractivity contribution in [3.05, 3.63) is 29.8 Å². The summed E-state index contributed by atoms with van der Waals surface area (Å²) in [5, 5.41) is 5.70. The molecular weight excluding hydrogens is 304 g/mol. The molecular formula is C19H30N2O3. The van der Waals surface area contributed by atoms with Crippen LogP contribution in [0.3, 0.4) is 0 Å². The number of hydrogen-bond acceptors (Lipinski definition) is 3. The standard InChI is InChI=1S/C19H30N2O3/c1-5-6-7-12-20-17(22)19(2,3)18(23)21-13-11-15-9-8-10-16(14-15)24-4/h8-10,14H,5-7,11-13H2,1-4H3,(H,20,22)(H,21,23). The molecule has 0 spiro atoms. The van der Waals surface area contributed by atoms with Gasteiger partial charge in [0.05, 0.1) is 7.11 Å². The lowest BCUT2D eigenvalue weighted by Crippen LogP contribution is -2.48. The zero-order chi connectivity index (χ0) is 18.0. The average Bonchev–Trinajstić information content (AvgIpc) is 2.58. The summed E-state index contributed by atoms with van der Waals surface area (Å²) < 4.78 is 5.18. The number of carbonyl (C=O) groups excluding carboxylic acids is 2. The van der Waals surface area contributed by atoms with Crippen LogP contribution in [0.25, 0.3) is 0 Å². The first-order valence-electron chi connectivity index (χ1n) is 8.61. The summed E-state index contributed by atoms with van der Waals surface area (Å²) in [6, 6.07) is 7.73. The summed E-state index contributed by atoms with van der Waals surface area (Å²) in [5.74, 6) is 0.321. The molecule has 24 heavy (non-hydrogen) atoms. The maximum absolute atomic E-state index is 12.3. The number of benzene rings is 1. The number of carbonyl (C=O) groups is 2. The van der Waals surface area contributed by atoms with Gasteiger partial charge in [0, 0.05) is 13.1 Å². The monoisotopic (exact) mass is 334 g/mol. The highest BCUT2D eigenvalue weighted by Gasteiger charge is 2.35. The summed E-state index contributed by atoms with van der Waals surface area (Å²) in [7, 11) is 1.63. The maximum Gasteiger partial charge on any atom is 0.235 e. The fourth-order valence-electron chi connectivity index (χ4n) is 2.27. The number of hydrogen-bond donors (Lipinski definition) is 2. The molecule has 0 saturated carbocycles. The van der Waals surface area contributed by atoms with E-state index in [9.17, 15) is 9.59 Å². The molecule has 134 valence electrons. The van der Waals surface area contributed by atoms with Gasteiger partial charge in [-0.1, -0.05) is 31.9 Å². The first-order chi connectivity index (χ1) is 11.4. The van der Waals surface area contributed by atoms with Crippen molar-refractivity contribution in [3.8, 4) is 5.75 Å². The van der Waals surface area contributed by atoms with E-state index in [0.29, 0.717) is 19.5 Å². The number of amides is 2. The lowest BCUT2D eigenvalue weighted by molar-refractivity contribution is -0.141. The molecule has 5 nitrogen and oxygen atoms in total. The Bertz CT molecular complexity index is 541. The average molecular weight is 334 g/mol. The Morgan fingerprint density at radius 3 is 2.38 bits per heavy atom. The van der Waals surface area contributed by atoms with E-state index in [0.717, 1.165) is 30.6 Å². The van der Waals surface area contributed by atoms with E-state index >= 15 is 0 Å². The van der Waals surface area contributed by atoms with Crippen LogP contribution in [0.5, 0.6) is 5.75 Å². The Morgan fingerprint density at radius 1 is 1.08 bits per heavy atom. The molecule has 1 aromatic rings. The number of methoxy groups -OCH3 is 1. The fourth-order valence-corrected chi connectivity index (χ4v) is 2.27. The van der Waals surface area contributed by atoms with E-state index in [-0.39, 0.29) is 11.8 Å². The molecule has 0 bridgehead atoms. The van der Waals surface area contributed by atoms with Crippen LogP contribution in [0.1, 0.15) is 45.6 Å². The van der Waals surface area contributed by atoms with Gasteiger partial charge in [-0.15, -0.1) is 0 Å². The van der Waals surface area contributed by atoms with Gasteiger partial charge >= 0.3 is 0 Å². The molecule has 0 aliphatic heterocycles. The molecule has 0 atom stereocenters. The number of ether oxygens (including phenoxy) is 1. The molecule has 0 aromatic heterocycles. The third kappa shape index (κ3) is 6.22. The summed E-state index contributed by atoms with van der Waals surface area (Å²) >= 11 is 0.